The maximum Gasteiger partial charge on any atom is 0.305 e. The molecule has 0 aromatic rings. The van der Waals surface area contributed by atoms with Crippen molar-refractivity contribution in [1.29, 1.82) is 0 Å². The second-order valence-electron chi connectivity index (χ2n) is 5.54. The molecule has 0 aromatic carbocycles. The number of rotatable bonds is 6. The second-order valence-corrected chi connectivity index (χ2v) is 5.54. The highest BCUT2D eigenvalue weighted by Crippen LogP contribution is 2.27. The van der Waals surface area contributed by atoms with Gasteiger partial charge in [0.25, 0.3) is 0 Å². The average Bonchev–Trinajstić information content (AvgIpc) is 3.06. The summed E-state index contributed by atoms with van der Waals surface area (Å²) in [6, 6.07) is 0. The van der Waals surface area contributed by atoms with Gasteiger partial charge in [0.15, 0.2) is 0 Å². The number of hydrogen-bond acceptors (Lipinski definition) is 3. The third-order valence-electron chi connectivity index (χ3n) is 4.06. The minimum atomic E-state index is -0.850. The van der Waals surface area contributed by atoms with Gasteiger partial charge in [-0.25, -0.2) is 0 Å². The summed E-state index contributed by atoms with van der Waals surface area (Å²) in [7, 11) is 0. The van der Waals surface area contributed by atoms with Gasteiger partial charge in [-0.05, 0) is 25.7 Å². The van der Waals surface area contributed by atoms with Gasteiger partial charge in [0.05, 0.1) is 12.5 Å². The molecule has 1 amide bonds. The van der Waals surface area contributed by atoms with E-state index in [9.17, 15) is 9.59 Å². The summed E-state index contributed by atoms with van der Waals surface area (Å²) in [5, 5.41) is 8.80. The van der Waals surface area contributed by atoms with E-state index in [1.165, 1.54) is 0 Å². The van der Waals surface area contributed by atoms with Crippen LogP contribution in [0.3, 0.4) is 0 Å². The number of aliphatic carboxylic acids is 1. The number of hydrogen-bond donors (Lipinski definition) is 1. The van der Waals surface area contributed by atoms with E-state index in [2.05, 4.69) is 0 Å². The number of amides is 1. The molecule has 1 atom stereocenters. The summed E-state index contributed by atoms with van der Waals surface area (Å²) in [5.74, 6) is -0.610. The number of nitrogens with zero attached hydrogens (tertiary/aromatic N) is 1. The first kappa shape index (κ1) is 14.3. The minimum Gasteiger partial charge on any atom is -0.481 e. The first-order valence-corrected chi connectivity index (χ1v) is 7.29. The topological polar surface area (TPSA) is 66.8 Å². The fraction of sp³-hybridized carbons (Fsp3) is 0.857. The van der Waals surface area contributed by atoms with Gasteiger partial charge in [-0.15, -0.1) is 0 Å². The second kappa shape index (κ2) is 6.89. The van der Waals surface area contributed by atoms with Crippen LogP contribution in [0.4, 0.5) is 0 Å². The number of carboxylic acids is 1. The molecule has 1 N–H and O–H groups in total. The maximum absolute atomic E-state index is 12.4. The lowest BCUT2D eigenvalue weighted by Gasteiger charge is -2.27. The Morgan fingerprint density at radius 1 is 1.16 bits per heavy atom. The zero-order valence-corrected chi connectivity index (χ0v) is 11.3. The zero-order valence-electron chi connectivity index (χ0n) is 11.3. The van der Waals surface area contributed by atoms with Crippen molar-refractivity contribution in [3.8, 4) is 0 Å². The highest BCUT2D eigenvalue weighted by Gasteiger charge is 2.29. The fourth-order valence-electron chi connectivity index (χ4n) is 2.99. The highest BCUT2D eigenvalue weighted by atomic mass is 16.5. The van der Waals surface area contributed by atoms with Gasteiger partial charge in [0.1, 0.15) is 0 Å². The summed E-state index contributed by atoms with van der Waals surface area (Å²) in [4.78, 5) is 24.9. The summed E-state index contributed by atoms with van der Waals surface area (Å²) < 4.78 is 5.56. The molecule has 2 aliphatic rings. The lowest BCUT2D eigenvalue weighted by Crippen LogP contribution is -2.41. The van der Waals surface area contributed by atoms with Gasteiger partial charge < -0.3 is 14.7 Å². The van der Waals surface area contributed by atoms with Gasteiger partial charge in [-0.1, -0.05) is 12.8 Å². The van der Waals surface area contributed by atoms with E-state index >= 15 is 0 Å². The molecule has 19 heavy (non-hydrogen) atoms. The molecular weight excluding hydrogens is 246 g/mol. The van der Waals surface area contributed by atoms with Gasteiger partial charge >= 0.3 is 5.97 Å². The quantitative estimate of drug-likeness (QED) is 0.796. The van der Waals surface area contributed by atoms with Crippen LogP contribution in [-0.4, -0.2) is 47.7 Å². The standard InChI is InChI=1S/C14H23NO4/c16-13(17)7-8-15(10-12-6-3-9-19-12)14(18)11-4-1-2-5-11/h11-12H,1-10H2,(H,16,17)/t12-/m1/s1. The Hall–Kier alpha value is -1.10. The van der Waals surface area contributed by atoms with Crippen LogP contribution in [0.25, 0.3) is 0 Å². The van der Waals surface area contributed by atoms with Crippen molar-refractivity contribution in [3.63, 3.8) is 0 Å². The Kier molecular flexibility index (Phi) is 5.19. The lowest BCUT2D eigenvalue weighted by molar-refractivity contribution is -0.140. The molecule has 0 aromatic heterocycles. The van der Waals surface area contributed by atoms with Crippen LogP contribution >= 0.6 is 0 Å². The molecule has 1 saturated carbocycles. The van der Waals surface area contributed by atoms with E-state index in [1.807, 2.05) is 0 Å². The van der Waals surface area contributed by atoms with Gasteiger partial charge in [0.2, 0.25) is 5.91 Å². The molecule has 108 valence electrons. The Balaban J connectivity index is 1.90. The van der Waals surface area contributed by atoms with Crippen molar-refractivity contribution in [2.45, 2.75) is 51.0 Å². The van der Waals surface area contributed by atoms with Crippen LogP contribution in [0, 0.1) is 5.92 Å². The molecule has 1 saturated heterocycles. The van der Waals surface area contributed by atoms with Crippen molar-refractivity contribution in [2.75, 3.05) is 19.7 Å². The van der Waals surface area contributed by atoms with Crippen molar-refractivity contribution >= 4 is 11.9 Å². The maximum atomic E-state index is 12.4. The summed E-state index contributed by atoms with van der Waals surface area (Å²) in [5.41, 5.74) is 0. The van der Waals surface area contributed by atoms with Crippen molar-refractivity contribution in [3.05, 3.63) is 0 Å². The molecule has 1 aliphatic heterocycles. The van der Waals surface area contributed by atoms with Crippen LogP contribution < -0.4 is 0 Å². The molecule has 0 unspecified atom stereocenters. The first-order valence-electron chi connectivity index (χ1n) is 7.29. The molecule has 2 rings (SSSR count). The Bertz CT molecular complexity index is 319. The third kappa shape index (κ3) is 4.20. The molecule has 1 heterocycles. The van der Waals surface area contributed by atoms with Crippen molar-refractivity contribution in [2.24, 2.45) is 5.92 Å². The average molecular weight is 269 g/mol. The van der Waals surface area contributed by atoms with Crippen LogP contribution in [0.2, 0.25) is 0 Å². The fourth-order valence-corrected chi connectivity index (χ4v) is 2.99. The smallest absolute Gasteiger partial charge is 0.305 e. The van der Waals surface area contributed by atoms with E-state index in [0.29, 0.717) is 13.1 Å². The molecular formula is C14H23NO4. The molecule has 0 bridgehead atoms. The minimum absolute atomic E-state index is 0.0190. The van der Waals surface area contributed by atoms with Gasteiger partial charge in [-0.3, -0.25) is 9.59 Å². The predicted octanol–water partition coefficient (Wildman–Crippen LogP) is 1.66. The third-order valence-corrected chi connectivity index (χ3v) is 4.06. The van der Waals surface area contributed by atoms with E-state index in [1.54, 1.807) is 4.90 Å². The van der Waals surface area contributed by atoms with Crippen LogP contribution in [0.5, 0.6) is 0 Å². The normalized spacial score (nSPS) is 23.7. The van der Waals surface area contributed by atoms with Crippen molar-refractivity contribution in [1.82, 2.24) is 4.90 Å². The Morgan fingerprint density at radius 2 is 1.89 bits per heavy atom. The Morgan fingerprint density at radius 3 is 2.47 bits per heavy atom. The van der Waals surface area contributed by atoms with Crippen molar-refractivity contribution < 1.29 is 19.4 Å². The van der Waals surface area contributed by atoms with Crippen LogP contribution in [-0.2, 0) is 14.3 Å². The molecule has 5 heteroatoms. The molecule has 0 radical (unpaired) electrons. The van der Waals surface area contributed by atoms with Crippen LogP contribution in [0.1, 0.15) is 44.9 Å². The van der Waals surface area contributed by atoms with E-state index in [0.717, 1.165) is 45.1 Å². The van der Waals surface area contributed by atoms with Gasteiger partial charge in [0, 0.05) is 25.6 Å². The molecule has 2 fully saturated rings. The zero-order chi connectivity index (χ0) is 13.7. The van der Waals surface area contributed by atoms with Gasteiger partial charge in [-0.2, -0.15) is 0 Å². The monoisotopic (exact) mass is 269 g/mol. The summed E-state index contributed by atoms with van der Waals surface area (Å²) in [6.45, 7) is 1.63. The van der Waals surface area contributed by atoms with Crippen LogP contribution in [0.15, 0.2) is 0 Å². The number of carbonyl (C=O) groups excluding carboxylic acids is 1. The first-order chi connectivity index (χ1) is 9.16. The Labute approximate surface area is 113 Å². The summed E-state index contributed by atoms with van der Waals surface area (Å²) in [6.07, 6.45) is 6.26. The van der Waals surface area contributed by atoms with E-state index < -0.39 is 5.97 Å². The van der Waals surface area contributed by atoms with E-state index in [-0.39, 0.29) is 24.3 Å². The molecule has 1 aliphatic carbocycles. The number of carboxylic acid groups (broad SMARTS) is 1. The highest BCUT2D eigenvalue weighted by molar-refractivity contribution is 5.79. The number of ether oxygens (including phenoxy) is 1. The molecule has 5 nitrogen and oxygen atoms in total. The number of carbonyl (C=O) groups is 2. The van der Waals surface area contributed by atoms with E-state index in [4.69, 9.17) is 9.84 Å². The molecule has 0 spiro atoms. The summed E-state index contributed by atoms with van der Waals surface area (Å²) >= 11 is 0. The largest absolute Gasteiger partial charge is 0.481 e. The predicted molar refractivity (Wildman–Crippen MR) is 69.8 cm³/mol. The lowest BCUT2D eigenvalue weighted by atomic mass is 10.1. The SMILES string of the molecule is O=C(O)CCN(C[C@H]1CCCO1)C(=O)C1CCCC1.